The number of carboxylic acids is 1. The van der Waals surface area contributed by atoms with Crippen molar-refractivity contribution < 1.29 is 34.1 Å². The van der Waals surface area contributed by atoms with Crippen LogP contribution >= 0.6 is 0 Å². The molecule has 0 radical (unpaired) electrons. The van der Waals surface area contributed by atoms with Crippen LogP contribution in [-0.4, -0.2) is 52.6 Å². The van der Waals surface area contributed by atoms with E-state index in [1.807, 2.05) is 6.08 Å². The SMILES string of the molecule is CC(C)(CNC(=O)CCC(=O)OC1CC[C@H]2[C@@H]3CCC4=CC(=O)CC[C@]4(C)[C@H]3CC[C@]12C)C(O)C(=O)O. The number of allylic oxidation sites excluding steroid dienone is 1. The third kappa shape index (κ3) is 5.23. The number of carboxylic acid groups (broad SMARTS) is 1. The van der Waals surface area contributed by atoms with Gasteiger partial charge in [-0.05, 0) is 74.2 Å². The first-order valence-corrected chi connectivity index (χ1v) is 13.9. The van der Waals surface area contributed by atoms with Gasteiger partial charge in [0.15, 0.2) is 11.9 Å². The molecule has 0 aliphatic heterocycles. The van der Waals surface area contributed by atoms with Gasteiger partial charge in [0, 0.05) is 30.2 Å². The van der Waals surface area contributed by atoms with Gasteiger partial charge in [0.1, 0.15) is 6.10 Å². The van der Waals surface area contributed by atoms with Crippen molar-refractivity contribution in [1.82, 2.24) is 5.32 Å². The molecule has 0 saturated heterocycles. The van der Waals surface area contributed by atoms with Crippen molar-refractivity contribution in [2.75, 3.05) is 6.54 Å². The summed E-state index contributed by atoms with van der Waals surface area (Å²) in [7, 11) is 0. The van der Waals surface area contributed by atoms with Crippen molar-refractivity contribution in [3.05, 3.63) is 11.6 Å². The highest BCUT2D eigenvalue weighted by molar-refractivity contribution is 5.91. The highest BCUT2D eigenvalue weighted by atomic mass is 16.5. The molecule has 4 rings (SSSR count). The quantitative estimate of drug-likeness (QED) is 0.418. The van der Waals surface area contributed by atoms with Crippen LogP contribution in [0, 0.1) is 34.0 Å². The van der Waals surface area contributed by atoms with Crippen molar-refractivity contribution in [2.45, 2.75) is 104 Å². The van der Waals surface area contributed by atoms with E-state index in [1.54, 1.807) is 13.8 Å². The van der Waals surface area contributed by atoms with Gasteiger partial charge < -0.3 is 20.3 Å². The number of ketones is 1. The number of nitrogens with one attached hydrogen (secondary N) is 1. The predicted molar refractivity (Wildman–Crippen MR) is 136 cm³/mol. The molecule has 206 valence electrons. The van der Waals surface area contributed by atoms with Gasteiger partial charge in [-0.3, -0.25) is 14.4 Å². The van der Waals surface area contributed by atoms with Crippen LogP contribution in [-0.2, 0) is 23.9 Å². The molecule has 1 amide bonds. The number of ether oxygens (including phenoxy) is 1. The van der Waals surface area contributed by atoms with Crippen molar-refractivity contribution in [3.63, 3.8) is 0 Å². The Hall–Kier alpha value is -2.22. The molecule has 0 spiro atoms. The number of hydrogen-bond acceptors (Lipinski definition) is 6. The van der Waals surface area contributed by atoms with E-state index in [-0.39, 0.29) is 54.0 Å². The maximum absolute atomic E-state index is 12.7. The molecule has 3 N–H and O–H groups in total. The Bertz CT molecular complexity index is 987. The van der Waals surface area contributed by atoms with Crippen LogP contribution in [0.2, 0.25) is 0 Å². The van der Waals surface area contributed by atoms with Crippen molar-refractivity contribution in [1.29, 1.82) is 0 Å². The summed E-state index contributed by atoms with van der Waals surface area (Å²) in [5.41, 5.74) is 0.385. The molecule has 4 aliphatic rings. The van der Waals surface area contributed by atoms with Crippen molar-refractivity contribution >= 4 is 23.6 Å². The number of amides is 1. The van der Waals surface area contributed by atoms with E-state index in [4.69, 9.17) is 9.84 Å². The van der Waals surface area contributed by atoms with Crippen LogP contribution < -0.4 is 5.32 Å². The lowest BCUT2D eigenvalue weighted by molar-refractivity contribution is -0.160. The Balaban J connectivity index is 1.30. The molecular weight excluding hydrogens is 474 g/mol. The minimum Gasteiger partial charge on any atom is -0.479 e. The zero-order valence-corrected chi connectivity index (χ0v) is 22.7. The Kier molecular flexibility index (Phi) is 7.63. The lowest BCUT2D eigenvalue weighted by atomic mass is 9.47. The summed E-state index contributed by atoms with van der Waals surface area (Å²) >= 11 is 0. The molecule has 7 atom stereocenters. The number of hydrogen-bond donors (Lipinski definition) is 3. The fourth-order valence-corrected chi connectivity index (χ4v) is 7.98. The summed E-state index contributed by atoms with van der Waals surface area (Å²) in [4.78, 5) is 48.0. The standard InChI is InChI=1S/C29H43NO7/c1-27(2,25(34)26(35)36)16-30-23(32)9-10-24(33)37-22-8-7-20-19-6-5-17-15-18(31)11-13-28(17,3)21(19)12-14-29(20,22)4/h15,19-22,25,34H,5-14,16H2,1-4H3,(H,30,32)(H,35,36)/t19-,20-,21-,22?,25?,28-,29-/m0/s1. The number of esters is 1. The third-order valence-corrected chi connectivity index (χ3v) is 10.4. The number of carbonyl (C=O) groups excluding carboxylic acids is 3. The maximum Gasteiger partial charge on any atom is 0.333 e. The Morgan fingerprint density at radius 1 is 1.08 bits per heavy atom. The Morgan fingerprint density at radius 3 is 2.51 bits per heavy atom. The molecule has 0 bridgehead atoms. The fraction of sp³-hybridized carbons (Fsp3) is 0.793. The van der Waals surface area contributed by atoms with Gasteiger partial charge in [0.25, 0.3) is 0 Å². The van der Waals surface area contributed by atoms with Crippen molar-refractivity contribution in [2.24, 2.45) is 34.0 Å². The van der Waals surface area contributed by atoms with Gasteiger partial charge in [-0.15, -0.1) is 0 Å². The van der Waals surface area contributed by atoms with Gasteiger partial charge in [-0.2, -0.15) is 0 Å². The first-order valence-electron chi connectivity index (χ1n) is 13.9. The maximum atomic E-state index is 12.7. The van der Waals surface area contributed by atoms with Crippen LogP contribution in [0.5, 0.6) is 0 Å². The summed E-state index contributed by atoms with van der Waals surface area (Å²) < 4.78 is 5.98. The number of carbonyl (C=O) groups is 4. The molecule has 8 nitrogen and oxygen atoms in total. The van der Waals surface area contributed by atoms with Crippen LogP contribution in [0.3, 0.4) is 0 Å². The van der Waals surface area contributed by atoms with E-state index in [9.17, 15) is 24.3 Å². The molecular formula is C29H43NO7. The van der Waals surface area contributed by atoms with Crippen LogP contribution in [0.15, 0.2) is 11.6 Å². The van der Waals surface area contributed by atoms with E-state index in [0.717, 1.165) is 44.9 Å². The van der Waals surface area contributed by atoms with Gasteiger partial charge >= 0.3 is 11.9 Å². The number of aliphatic hydroxyl groups is 1. The molecule has 0 aromatic heterocycles. The molecule has 8 heteroatoms. The molecule has 0 aromatic carbocycles. The Morgan fingerprint density at radius 2 is 1.81 bits per heavy atom. The van der Waals surface area contributed by atoms with Crippen LogP contribution in [0.25, 0.3) is 0 Å². The number of fused-ring (bicyclic) bond motifs is 5. The lowest BCUT2D eigenvalue weighted by Crippen LogP contribution is -2.51. The van der Waals surface area contributed by atoms with Gasteiger partial charge in [-0.1, -0.05) is 33.3 Å². The highest BCUT2D eigenvalue weighted by Crippen LogP contribution is 2.65. The van der Waals surface area contributed by atoms with Gasteiger partial charge in [-0.25, -0.2) is 4.79 Å². The largest absolute Gasteiger partial charge is 0.479 e. The van der Waals surface area contributed by atoms with E-state index in [1.165, 1.54) is 5.57 Å². The molecule has 4 aliphatic carbocycles. The highest BCUT2D eigenvalue weighted by Gasteiger charge is 2.60. The topological polar surface area (TPSA) is 130 Å². The second-order valence-corrected chi connectivity index (χ2v) is 13.1. The minimum absolute atomic E-state index is 0.0107. The third-order valence-electron chi connectivity index (χ3n) is 10.4. The summed E-state index contributed by atoms with van der Waals surface area (Å²) in [6, 6.07) is 0. The van der Waals surface area contributed by atoms with E-state index in [2.05, 4.69) is 19.2 Å². The molecule has 3 saturated carbocycles. The Labute approximate surface area is 219 Å². The molecule has 0 aromatic rings. The van der Waals surface area contributed by atoms with Gasteiger partial charge in [0.05, 0.1) is 6.42 Å². The molecule has 0 heterocycles. The molecule has 3 fully saturated rings. The average molecular weight is 518 g/mol. The van der Waals surface area contributed by atoms with E-state index >= 15 is 0 Å². The molecule has 37 heavy (non-hydrogen) atoms. The van der Waals surface area contributed by atoms with Gasteiger partial charge in [0.2, 0.25) is 5.91 Å². The van der Waals surface area contributed by atoms with Crippen molar-refractivity contribution in [3.8, 4) is 0 Å². The second-order valence-electron chi connectivity index (χ2n) is 13.1. The predicted octanol–water partition coefficient (Wildman–Crippen LogP) is 3.80. The summed E-state index contributed by atoms with van der Waals surface area (Å²) in [5, 5.41) is 21.4. The smallest absolute Gasteiger partial charge is 0.333 e. The molecule has 2 unspecified atom stereocenters. The normalized spacial score (nSPS) is 35.9. The second kappa shape index (κ2) is 10.2. The lowest BCUT2D eigenvalue weighted by Gasteiger charge is -2.57. The van der Waals surface area contributed by atoms with Crippen LogP contribution in [0.4, 0.5) is 0 Å². The number of aliphatic hydroxyl groups excluding tert-OH is 1. The first-order chi connectivity index (χ1) is 17.3. The first kappa shape index (κ1) is 27.8. The number of rotatable bonds is 8. The minimum atomic E-state index is -1.60. The van der Waals surface area contributed by atoms with Crippen LogP contribution in [0.1, 0.15) is 91.9 Å². The zero-order valence-electron chi connectivity index (χ0n) is 22.7. The van der Waals surface area contributed by atoms with E-state index in [0.29, 0.717) is 24.2 Å². The summed E-state index contributed by atoms with van der Waals surface area (Å²) in [6.45, 7) is 7.75. The monoisotopic (exact) mass is 517 g/mol. The summed E-state index contributed by atoms with van der Waals surface area (Å²) in [5.74, 6) is -0.132. The van der Waals surface area contributed by atoms with E-state index < -0.39 is 17.5 Å². The zero-order chi connectivity index (χ0) is 27.2. The summed E-state index contributed by atoms with van der Waals surface area (Å²) in [6.07, 6.45) is 7.82. The average Bonchev–Trinajstić information content (AvgIpc) is 3.17. The fourth-order valence-electron chi connectivity index (χ4n) is 7.98. The number of aliphatic carboxylic acids is 1.